The summed E-state index contributed by atoms with van der Waals surface area (Å²) in [5.74, 6) is 0.268. The first-order chi connectivity index (χ1) is 8.65. The van der Waals surface area contributed by atoms with E-state index in [0.29, 0.717) is 5.69 Å². The number of fused-ring (bicyclic) bond motifs is 1. The minimum absolute atomic E-state index is 0.0424. The minimum Gasteiger partial charge on any atom is -0.368 e. The summed E-state index contributed by atoms with van der Waals surface area (Å²) in [6, 6.07) is 3.59. The molecule has 0 aliphatic carbocycles. The molecule has 0 saturated carbocycles. The van der Waals surface area contributed by atoms with E-state index in [-0.39, 0.29) is 11.9 Å². The molecule has 0 aromatic carbocycles. The van der Waals surface area contributed by atoms with Crippen LogP contribution in [0.1, 0.15) is 16.1 Å². The van der Waals surface area contributed by atoms with Gasteiger partial charge in [0.2, 0.25) is 5.95 Å². The van der Waals surface area contributed by atoms with E-state index < -0.39 is 0 Å². The lowest BCUT2D eigenvalue weighted by Crippen LogP contribution is -2.33. The van der Waals surface area contributed by atoms with Crippen molar-refractivity contribution in [2.45, 2.75) is 6.42 Å². The lowest BCUT2D eigenvalue weighted by Gasteiger charge is -2.21. The van der Waals surface area contributed by atoms with Gasteiger partial charge in [-0.15, -0.1) is 0 Å². The molecule has 92 valence electrons. The summed E-state index contributed by atoms with van der Waals surface area (Å²) in [5, 5.41) is 0. The van der Waals surface area contributed by atoms with Crippen LogP contribution in [0.15, 0.2) is 18.3 Å². The fraction of sp³-hybridized carbons (Fsp3) is 0.250. The SMILES string of the molecule is CN1CCc2[nH]c(-c3ccnc(N)n3)cc2C1=O. The van der Waals surface area contributed by atoms with Crippen LogP contribution in [-0.4, -0.2) is 39.4 Å². The smallest absolute Gasteiger partial charge is 0.255 e. The van der Waals surface area contributed by atoms with Crippen molar-refractivity contribution in [3.8, 4) is 11.4 Å². The van der Waals surface area contributed by atoms with Crippen LogP contribution in [0.5, 0.6) is 0 Å². The topological polar surface area (TPSA) is 87.9 Å². The first-order valence-corrected chi connectivity index (χ1v) is 5.71. The monoisotopic (exact) mass is 243 g/mol. The number of carbonyl (C=O) groups excluding carboxylic acids is 1. The number of nitrogens with one attached hydrogen (secondary N) is 1. The molecule has 3 rings (SSSR count). The number of H-pyrrole nitrogens is 1. The Morgan fingerprint density at radius 2 is 2.33 bits per heavy atom. The predicted molar refractivity (Wildman–Crippen MR) is 66.9 cm³/mol. The van der Waals surface area contributed by atoms with Crippen molar-refractivity contribution in [3.63, 3.8) is 0 Å². The molecular formula is C12H13N5O. The van der Waals surface area contributed by atoms with Crippen molar-refractivity contribution in [1.82, 2.24) is 19.9 Å². The molecule has 1 aliphatic heterocycles. The summed E-state index contributed by atoms with van der Waals surface area (Å²) in [4.78, 5) is 24.9. The summed E-state index contributed by atoms with van der Waals surface area (Å²) in [7, 11) is 1.81. The van der Waals surface area contributed by atoms with E-state index in [1.165, 1.54) is 0 Å². The zero-order chi connectivity index (χ0) is 12.7. The van der Waals surface area contributed by atoms with Crippen LogP contribution >= 0.6 is 0 Å². The lowest BCUT2D eigenvalue weighted by molar-refractivity contribution is 0.0780. The number of aromatic nitrogens is 3. The van der Waals surface area contributed by atoms with Crippen molar-refractivity contribution >= 4 is 11.9 Å². The summed E-state index contributed by atoms with van der Waals surface area (Å²) in [6.45, 7) is 0.734. The molecule has 6 heteroatoms. The van der Waals surface area contributed by atoms with Crippen molar-refractivity contribution in [2.24, 2.45) is 0 Å². The van der Waals surface area contributed by atoms with Gasteiger partial charge in [0.15, 0.2) is 0 Å². The van der Waals surface area contributed by atoms with Crippen molar-refractivity contribution in [3.05, 3.63) is 29.6 Å². The molecule has 6 nitrogen and oxygen atoms in total. The highest BCUT2D eigenvalue weighted by molar-refractivity contribution is 5.97. The first-order valence-electron chi connectivity index (χ1n) is 5.71. The number of nitrogens with two attached hydrogens (primary N) is 1. The van der Waals surface area contributed by atoms with Gasteiger partial charge in [-0.3, -0.25) is 4.79 Å². The van der Waals surface area contributed by atoms with Crippen LogP contribution in [0.2, 0.25) is 0 Å². The number of nitrogen functional groups attached to an aromatic ring is 1. The van der Waals surface area contributed by atoms with Crippen molar-refractivity contribution in [1.29, 1.82) is 0 Å². The number of hydrogen-bond acceptors (Lipinski definition) is 4. The number of hydrogen-bond donors (Lipinski definition) is 2. The lowest BCUT2D eigenvalue weighted by atomic mass is 10.1. The van der Waals surface area contributed by atoms with Crippen molar-refractivity contribution < 1.29 is 4.79 Å². The van der Waals surface area contributed by atoms with E-state index in [4.69, 9.17) is 5.73 Å². The Morgan fingerprint density at radius 1 is 1.50 bits per heavy atom. The predicted octanol–water partition coefficient (Wildman–Crippen LogP) is 0.682. The van der Waals surface area contributed by atoms with E-state index >= 15 is 0 Å². The molecule has 3 N–H and O–H groups in total. The van der Waals surface area contributed by atoms with Gasteiger partial charge in [0.1, 0.15) is 0 Å². The second-order valence-electron chi connectivity index (χ2n) is 4.35. The molecule has 0 saturated heterocycles. The average molecular weight is 243 g/mol. The Balaban J connectivity index is 2.06. The number of amides is 1. The summed E-state index contributed by atoms with van der Waals surface area (Å²) < 4.78 is 0. The van der Waals surface area contributed by atoms with E-state index in [9.17, 15) is 4.79 Å². The Morgan fingerprint density at radius 3 is 3.11 bits per heavy atom. The van der Waals surface area contributed by atoms with Gasteiger partial charge < -0.3 is 15.6 Å². The molecule has 0 fully saturated rings. The van der Waals surface area contributed by atoms with Crippen LogP contribution in [-0.2, 0) is 6.42 Å². The third kappa shape index (κ3) is 1.62. The molecule has 18 heavy (non-hydrogen) atoms. The maximum Gasteiger partial charge on any atom is 0.255 e. The third-order valence-electron chi connectivity index (χ3n) is 3.12. The van der Waals surface area contributed by atoms with Gasteiger partial charge in [0.05, 0.1) is 17.0 Å². The molecule has 3 heterocycles. The molecule has 1 aliphatic rings. The molecule has 2 aromatic rings. The number of aromatic amines is 1. The van der Waals surface area contributed by atoms with E-state index in [0.717, 1.165) is 29.9 Å². The largest absolute Gasteiger partial charge is 0.368 e. The third-order valence-corrected chi connectivity index (χ3v) is 3.12. The van der Waals surface area contributed by atoms with Gasteiger partial charge in [-0.1, -0.05) is 0 Å². The highest BCUT2D eigenvalue weighted by Crippen LogP contribution is 2.24. The van der Waals surface area contributed by atoms with Gasteiger partial charge in [-0.25, -0.2) is 9.97 Å². The van der Waals surface area contributed by atoms with Crippen LogP contribution in [0, 0.1) is 0 Å². The fourth-order valence-corrected chi connectivity index (χ4v) is 2.13. The maximum atomic E-state index is 12.0. The molecule has 0 spiro atoms. The fourth-order valence-electron chi connectivity index (χ4n) is 2.13. The van der Waals surface area contributed by atoms with Crippen molar-refractivity contribution in [2.75, 3.05) is 19.3 Å². The Bertz CT molecular complexity index is 619. The minimum atomic E-state index is 0.0424. The summed E-state index contributed by atoms with van der Waals surface area (Å²) in [5.41, 5.74) is 8.74. The molecule has 0 unspecified atom stereocenters. The Kier molecular flexibility index (Phi) is 2.29. The van der Waals surface area contributed by atoms with Gasteiger partial charge >= 0.3 is 0 Å². The second kappa shape index (κ2) is 3.83. The van der Waals surface area contributed by atoms with Gasteiger partial charge in [0.25, 0.3) is 5.91 Å². The zero-order valence-electron chi connectivity index (χ0n) is 9.97. The summed E-state index contributed by atoms with van der Waals surface area (Å²) in [6.07, 6.45) is 2.43. The van der Waals surface area contributed by atoms with Gasteiger partial charge in [0, 0.05) is 31.9 Å². The van der Waals surface area contributed by atoms with Crippen LogP contribution in [0.25, 0.3) is 11.4 Å². The van der Waals surface area contributed by atoms with E-state index in [1.807, 2.05) is 6.07 Å². The highest BCUT2D eigenvalue weighted by Gasteiger charge is 2.24. The van der Waals surface area contributed by atoms with Gasteiger partial charge in [-0.2, -0.15) is 0 Å². The Hall–Kier alpha value is -2.37. The van der Waals surface area contributed by atoms with Gasteiger partial charge in [-0.05, 0) is 12.1 Å². The normalized spacial score (nSPS) is 14.7. The standard InChI is InChI=1S/C12H13N5O/c1-17-5-3-8-7(11(17)18)6-10(15-8)9-2-4-14-12(13)16-9/h2,4,6,15H,3,5H2,1H3,(H2,13,14,16). The Labute approximate surface area is 104 Å². The first kappa shape index (κ1) is 10.8. The molecule has 0 radical (unpaired) electrons. The number of nitrogens with zero attached hydrogens (tertiary/aromatic N) is 3. The molecule has 1 amide bonds. The van der Waals surface area contributed by atoms with E-state index in [1.54, 1.807) is 24.2 Å². The molecule has 2 aromatic heterocycles. The van der Waals surface area contributed by atoms with Crippen LogP contribution in [0.4, 0.5) is 5.95 Å². The number of carbonyl (C=O) groups is 1. The highest BCUT2D eigenvalue weighted by atomic mass is 16.2. The molecule has 0 atom stereocenters. The second-order valence-corrected chi connectivity index (χ2v) is 4.35. The van der Waals surface area contributed by atoms with Crippen LogP contribution < -0.4 is 5.73 Å². The number of likely N-dealkylation sites (N-methyl/N-ethyl adjacent to an activating group) is 1. The average Bonchev–Trinajstić information content (AvgIpc) is 2.79. The quantitative estimate of drug-likeness (QED) is 0.771. The van der Waals surface area contributed by atoms with Crippen LogP contribution in [0.3, 0.4) is 0 Å². The summed E-state index contributed by atoms with van der Waals surface area (Å²) >= 11 is 0. The number of anilines is 1. The maximum absolute atomic E-state index is 12.0. The number of rotatable bonds is 1. The van der Waals surface area contributed by atoms with E-state index in [2.05, 4.69) is 15.0 Å². The zero-order valence-corrected chi connectivity index (χ0v) is 9.97. The molecular weight excluding hydrogens is 230 g/mol. The molecule has 0 bridgehead atoms.